The second kappa shape index (κ2) is 9.73. The van der Waals surface area contributed by atoms with Gasteiger partial charge in [-0.05, 0) is 49.9 Å². The first-order valence-electron chi connectivity index (χ1n) is 10.8. The highest BCUT2D eigenvalue weighted by atomic mass is 35.5. The fraction of sp³-hybridized carbons (Fsp3) is 0.522. The predicted molar refractivity (Wildman–Crippen MR) is 128 cm³/mol. The Morgan fingerprint density at radius 2 is 1.03 bits per heavy atom. The second-order valence-electron chi connectivity index (χ2n) is 8.54. The third-order valence-corrected chi connectivity index (χ3v) is 6.07. The second-order valence-corrected chi connectivity index (χ2v) is 8.54. The number of carbonyl (C=O) groups is 1. The average Bonchev–Trinajstić information content (AvgIpc) is 2.74. The van der Waals surface area contributed by atoms with Crippen LogP contribution in [0.5, 0.6) is 0 Å². The number of carbonyl (C=O) groups excluding carboxylic acids is 1. The van der Waals surface area contributed by atoms with Crippen molar-refractivity contribution in [3.05, 3.63) is 46.8 Å². The molecule has 2 aliphatic rings. The zero-order valence-electron chi connectivity index (χ0n) is 19.0. The minimum atomic E-state index is 0. The first kappa shape index (κ1) is 23.1. The molecule has 0 bridgehead atoms. The first-order valence-corrected chi connectivity index (χ1v) is 10.8. The van der Waals surface area contributed by atoms with Gasteiger partial charge in [0.1, 0.15) is 11.6 Å². The largest absolute Gasteiger partial charge is 0.353 e. The molecule has 0 aliphatic carbocycles. The van der Waals surface area contributed by atoms with Crippen molar-refractivity contribution in [2.45, 2.75) is 27.7 Å². The maximum atomic E-state index is 13.0. The van der Waals surface area contributed by atoms with Gasteiger partial charge in [0.2, 0.25) is 0 Å². The third kappa shape index (κ3) is 5.03. The van der Waals surface area contributed by atoms with Crippen molar-refractivity contribution in [1.82, 2.24) is 19.8 Å². The third-order valence-electron chi connectivity index (χ3n) is 6.07. The molecule has 4 rings (SSSR count). The van der Waals surface area contributed by atoms with Crippen LogP contribution < -0.4 is 9.80 Å². The maximum Gasteiger partial charge on any atom is 0.320 e. The molecule has 2 saturated heterocycles. The highest BCUT2D eigenvalue weighted by Crippen LogP contribution is 2.22. The van der Waals surface area contributed by atoms with Gasteiger partial charge in [0.25, 0.3) is 0 Å². The number of piperazine rings is 2. The highest BCUT2D eigenvalue weighted by molar-refractivity contribution is 5.85. The number of urea groups is 1. The lowest BCUT2D eigenvalue weighted by atomic mass is 10.2. The van der Waals surface area contributed by atoms with Gasteiger partial charge in [-0.3, -0.25) is 0 Å². The van der Waals surface area contributed by atoms with E-state index < -0.39 is 0 Å². The van der Waals surface area contributed by atoms with E-state index in [2.05, 4.69) is 59.6 Å². The SMILES string of the molecule is Cc1cnc(N2CCN(C(=O)N3CCN(c4ncc(C)cc4C)CC3)CC2)c(C)c1.Cl. The topological polar surface area (TPSA) is 55.8 Å². The number of aryl methyl sites for hydroxylation is 4. The molecule has 0 aromatic carbocycles. The van der Waals surface area contributed by atoms with Crippen LogP contribution >= 0.6 is 12.4 Å². The van der Waals surface area contributed by atoms with Crippen molar-refractivity contribution >= 4 is 30.1 Å². The summed E-state index contributed by atoms with van der Waals surface area (Å²) in [4.78, 5) is 30.8. The van der Waals surface area contributed by atoms with Gasteiger partial charge in [-0.25, -0.2) is 14.8 Å². The number of hydrogen-bond acceptors (Lipinski definition) is 5. The Balaban J connectivity index is 0.00000272. The standard InChI is InChI=1S/C23H32N6O.ClH/c1-17-13-19(3)21(24-15-17)26-5-9-28(10-6-26)23(30)29-11-7-27(8-12-29)22-20(4)14-18(2)16-25-22;/h13-16H,5-12H2,1-4H3;1H. The van der Waals surface area contributed by atoms with Gasteiger partial charge in [-0.2, -0.15) is 0 Å². The summed E-state index contributed by atoms with van der Waals surface area (Å²) in [5.41, 5.74) is 4.76. The summed E-state index contributed by atoms with van der Waals surface area (Å²) in [6, 6.07) is 4.50. The summed E-state index contributed by atoms with van der Waals surface area (Å²) < 4.78 is 0. The van der Waals surface area contributed by atoms with Crippen LogP contribution in [0.1, 0.15) is 22.3 Å². The Morgan fingerprint density at radius 1 is 0.677 bits per heavy atom. The van der Waals surface area contributed by atoms with E-state index in [1.165, 1.54) is 22.3 Å². The molecule has 2 aromatic heterocycles. The minimum absolute atomic E-state index is 0. The Bertz CT molecular complexity index is 847. The number of aromatic nitrogens is 2. The number of halogens is 1. The summed E-state index contributed by atoms with van der Waals surface area (Å²) in [5, 5.41) is 0. The van der Waals surface area contributed by atoms with E-state index in [-0.39, 0.29) is 18.4 Å². The lowest BCUT2D eigenvalue weighted by Crippen LogP contribution is -2.57. The predicted octanol–water partition coefficient (Wildman–Crippen LogP) is 3.20. The van der Waals surface area contributed by atoms with Gasteiger partial charge in [-0.15, -0.1) is 12.4 Å². The molecular formula is C23H33ClN6O. The highest BCUT2D eigenvalue weighted by Gasteiger charge is 2.29. The molecule has 2 aromatic rings. The van der Waals surface area contributed by atoms with Crippen LogP contribution in [0.15, 0.2) is 24.5 Å². The number of anilines is 2. The molecule has 4 heterocycles. The van der Waals surface area contributed by atoms with Crippen LogP contribution in [0.25, 0.3) is 0 Å². The molecule has 168 valence electrons. The molecule has 2 amide bonds. The van der Waals surface area contributed by atoms with Crippen molar-refractivity contribution in [3.63, 3.8) is 0 Å². The van der Waals surface area contributed by atoms with Crippen LogP contribution in [0.4, 0.5) is 16.4 Å². The van der Waals surface area contributed by atoms with E-state index in [1.807, 2.05) is 22.2 Å². The molecule has 0 unspecified atom stereocenters. The van der Waals surface area contributed by atoms with E-state index in [4.69, 9.17) is 0 Å². The molecule has 2 fully saturated rings. The van der Waals surface area contributed by atoms with Gasteiger partial charge in [0, 0.05) is 64.8 Å². The van der Waals surface area contributed by atoms with Crippen molar-refractivity contribution in [2.24, 2.45) is 0 Å². The van der Waals surface area contributed by atoms with Crippen molar-refractivity contribution < 1.29 is 4.79 Å². The van der Waals surface area contributed by atoms with Crippen molar-refractivity contribution in [2.75, 3.05) is 62.2 Å². The molecule has 31 heavy (non-hydrogen) atoms. The van der Waals surface area contributed by atoms with Crippen LogP contribution in [0, 0.1) is 27.7 Å². The van der Waals surface area contributed by atoms with Gasteiger partial charge in [0.05, 0.1) is 0 Å². The minimum Gasteiger partial charge on any atom is -0.353 e. The number of pyridine rings is 2. The van der Waals surface area contributed by atoms with Crippen LogP contribution in [0.3, 0.4) is 0 Å². The summed E-state index contributed by atoms with van der Waals surface area (Å²) >= 11 is 0. The van der Waals surface area contributed by atoms with Crippen LogP contribution in [0.2, 0.25) is 0 Å². The number of rotatable bonds is 2. The molecule has 0 saturated carbocycles. The Labute approximate surface area is 191 Å². The summed E-state index contributed by atoms with van der Waals surface area (Å²) in [5.74, 6) is 2.09. The van der Waals surface area contributed by atoms with E-state index >= 15 is 0 Å². The van der Waals surface area contributed by atoms with E-state index in [0.717, 1.165) is 64.0 Å². The van der Waals surface area contributed by atoms with E-state index in [0.29, 0.717) is 0 Å². The fourth-order valence-corrected chi connectivity index (χ4v) is 4.50. The normalized spacial score (nSPS) is 16.9. The first-order chi connectivity index (χ1) is 14.4. The number of hydrogen-bond donors (Lipinski definition) is 0. The van der Waals surface area contributed by atoms with E-state index in [9.17, 15) is 4.79 Å². The number of nitrogens with zero attached hydrogens (tertiary/aromatic N) is 6. The van der Waals surface area contributed by atoms with Crippen molar-refractivity contribution in [3.8, 4) is 0 Å². The van der Waals surface area contributed by atoms with Crippen LogP contribution in [-0.2, 0) is 0 Å². The average molecular weight is 445 g/mol. The van der Waals surface area contributed by atoms with Crippen LogP contribution in [-0.4, -0.2) is 78.2 Å². The van der Waals surface area contributed by atoms with Gasteiger partial charge >= 0.3 is 6.03 Å². The smallest absolute Gasteiger partial charge is 0.320 e. The molecule has 0 radical (unpaired) electrons. The van der Waals surface area contributed by atoms with Gasteiger partial charge in [-0.1, -0.05) is 12.1 Å². The molecule has 0 atom stereocenters. The molecular weight excluding hydrogens is 412 g/mol. The Kier molecular flexibility index (Phi) is 7.26. The zero-order chi connectivity index (χ0) is 21.3. The fourth-order valence-electron chi connectivity index (χ4n) is 4.50. The summed E-state index contributed by atoms with van der Waals surface area (Å²) in [6.07, 6.45) is 3.84. The molecule has 8 heteroatoms. The molecule has 0 spiro atoms. The monoisotopic (exact) mass is 444 g/mol. The molecule has 7 nitrogen and oxygen atoms in total. The zero-order valence-corrected chi connectivity index (χ0v) is 19.8. The Hall–Kier alpha value is -2.54. The quantitative estimate of drug-likeness (QED) is 0.712. The van der Waals surface area contributed by atoms with Gasteiger partial charge < -0.3 is 19.6 Å². The summed E-state index contributed by atoms with van der Waals surface area (Å²) in [6.45, 7) is 14.6. The molecule has 2 aliphatic heterocycles. The Morgan fingerprint density at radius 3 is 1.35 bits per heavy atom. The number of amides is 2. The lowest BCUT2D eigenvalue weighted by molar-refractivity contribution is 0.147. The van der Waals surface area contributed by atoms with Crippen molar-refractivity contribution in [1.29, 1.82) is 0 Å². The van der Waals surface area contributed by atoms with Gasteiger partial charge in [0.15, 0.2) is 0 Å². The van der Waals surface area contributed by atoms with E-state index in [1.54, 1.807) is 0 Å². The molecule has 0 N–H and O–H groups in total. The maximum absolute atomic E-state index is 13.0. The summed E-state index contributed by atoms with van der Waals surface area (Å²) in [7, 11) is 0. The lowest BCUT2D eigenvalue weighted by Gasteiger charge is -2.41.